The van der Waals surface area contributed by atoms with Gasteiger partial charge in [0.2, 0.25) is 5.75 Å². The lowest BCUT2D eigenvalue weighted by molar-refractivity contribution is -0.136. The lowest BCUT2D eigenvalue weighted by Crippen LogP contribution is -2.36. The van der Waals surface area contributed by atoms with E-state index in [0.717, 1.165) is 11.1 Å². The summed E-state index contributed by atoms with van der Waals surface area (Å²) in [6, 6.07) is 22.9. The number of hydrogen-bond acceptors (Lipinski definition) is 6. The van der Waals surface area contributed by atoms with E-state index in [1.165, 1.54) is 0 Å². The Bertz CT molecular complexity index is 1070. The molecule has 6 nitrogen and oxygen atoms in total. The van der Waals surface area contributed by atoms with Crippen molar-refractivity contribution < 1.29 is 28.5 Å². The summed E-state index contributed by atoms with van der Waals surface area (Å²) in [5, 5.41) is 0. The number of ether oxygens (including phenoxy) is 5. The summed E-state index contributed by atoms with van der Waals surface area (Å²) in [6.45, 7) is 8.34. The van der Waals surface area contributed by atoms with Gasteiger partial charge in [0.25, 0.3) is 0 Å². The Morgan fingerprint density at radius 1 is 0.765 bits per heavy atom. The van der Waals surface area contributed by atoms with Crippen LogP contribution in [-0.4, -0.2) is 31.8 Å². The molecule has 0 bridgehead atoms. The number of benzene rings is 3. The average Bonchev–Trinajstić information content (AvgIpc) is 3.15. The molecule has 4 rings (SSSR count). The second-order valence-electron chi connectivity index (χ2n) is 7.92. The van der Waals surface area contributed by atoms with E-state index in [1.54, 1.807) is 19.9 Å². The summed E-state index contributed by atoms with van der Waals surface area (Å²) < 4.78 is 29.3. The third kappa shape index (κ3) is 4.27. The molecule has 34 heavy (non-hydrogen) atoms. The topological polar surface area (TPSA) is 63.2 Å². The molecule has 0 aliphatic carbocycles. The van der Waals surface area contributed by atoms with Gasteiger partial charge in [0.05, 0.1) is 0 Å². The Balaban J connectivity index is 1.93. The van der Waals surface area contributed by atoms with E-state index in [1.807, 2.05) is 80.6 Å². The Morgan fingerprint density at radius 2 is 1.29 bits per heavy atom. The zero-order valence-corrected chi connectivity index (χ0v) is 19.9. The van der Waals surface area contributed by atoms with E-state index in [0.29, 0.717) is 36.0 Å². The lowest BCUT2D eigenvalue weighted by Gasteiger charge is -2.28. The van der Waals surface area contributed by atoms with E-state index in [9.17, 15) is 4.79 Å². The zero-order chi connectivity index (χ0) is 24.1. The van der Waals surface area contributed by atoms with Gasteiger partial charge in [0, 0.05) is 18.8 Å². The Labute approximate surface area is 200 Å². The van der Waals surface area contributed by atoms with Gasteiger partial charge in [0.15, 0.2) is 24.1 Å². The van der Waals surface area contributed by atoms with Crippen molar-refractivity contribution in [1.82, 2.24) is 0 Å². The predicted molar refractivity (Wildman–Crippen MR) is 128 cm³/mol. The molecule has 3 aromatic rings. The molecule has 0 fully saturated rings. The second-order valence-corrected chi connectivity index (χ2v) is 7.92. The van der Waals surface area contributed by atoms with Crippen LogP contribution in [0.1, 0.15) is 44.4 Å². The molecule has 3 aromatic carbocycles. The number of carbonyl (C=O) groups is 1. The van der Waals surface area contributed by atoms with Crippen molar-refractivity contribution >= 4 is 5.97 Å². The Hall–Kier alpha value is -3.35. The van der Waals surface area contributed by atoms with Crippen LogP contribution in [0.25, 0.3) is 0 Å². The Kier molecular flexibility index (Phi) is 7.20. The van der Waals surface area contributed by atoms with Gasteiger partial charge in [-0.15, -0.1) is 0 Å². The number of esters is 1. The van der Waals surface area contributed by atoms with Gasteiger partial charge in [-0.05, 0) is 51.0 Å². The van der Waals surface area contributed by atoms with E-state index in [4.69, 9.17) is 23.7 Å². The first-order chi connectivity index (χ1) is 16.5. The van der Waals surface area contributed by atoms with Gasteiger partial charge in [-0.1, -0.05) is 60.7 Å². The molecule has 0 radical (unpaired) electrons. The molecular weight excluding hydrogens is 432 g/mol. The monoisotopic (exact) mass is 462 g/mol. The smallest absolute Gasteiger partial charge is 0.331 e. The number of fused-ring (bicyclic) bond motifs is 1. The van der Waals surface area contributed by atoms with Crippen LogP contribution in [0.4, 0.5) is 0 Å². The third-order valence-electron chi connectivity index (χ3n) is 5.77. The molecule has 6 heteroatoms. The zero-order valence-electron chi connectivity index (χ0n) is 19.9. The molecule has 1 aliphatic heterocycles. The summed E-state index contributed by atoms with van der Waals surface area (Å²) in [7, 11) is 0. The summed E-state index contributed by atoms with van der Waals surface area (Å²) in [6.07, 6.45) is -1.10. The fraction of sp³-hybridized carbons (Fsp3) is 0.321. The molecule has 0 N–H and O–H groups in total. The normalized spacial score (nSPS) is 15.8. The maximum Gasteiger partial charge on any atom is 0.331 e. The Morgan fingerprint density at radius 3 is 1.82 bits per heavy atom. The summed E-state index contributed by atoms with van der Waals surface area (Å²) >= 11 is 0. The predicted octanol–water partition coefficient (Wildman–Crippen LogP) is 5.46. The fourth-order valence-corrected chi connectivity index (χ4v) is 4.40. The average molecular weight is 463 g/mol. The van der Waals surface area contributed by atoms with E-state index >= 15 is 0 Å². The molecule has 1 aliphatic rings. The second kappa shape index (κ2) is 10.3. The fourth-order valence-electron chi connectivity index (χ4n) is 4.40. The highest BCUT2D eigenvalue weighted by Crippen LogP contribution is 2.55. The molecule has 2 unspecified atom stereocenters. The first-order valence-corrected chi connectivity index (χ1v) is 11.6. The van der Waals surface area contributed by atoms with Crippen molar-refractivity contribution in [2.45, 2.75) is 45.7 Å². The SMILES string of the molecule is CCOC(C)Oc1ccc2c(c1OC(C)OCC)OC(=O)C2(c1ccccc1)c1ccccc1. The minimum Gasteiger partial charge on any atom is -0.461 e. The van der Waals surface area contributed by atoms with E-state index in [-0.39, 0.29) is 0 Å². The molecule has 1 heterocycles. The van der Waals surface area contributed by atoms with Crippen molar-refractivity contribution in [1.29, 1.82) is 0 Å². The largest absolute Gasteiger partial charge is 0.461 e. The maximum atomic E-state index is 13.8. The van der Waals surface area contributed by atoms with Crippen molar-refractivity contribution in [3.8, 4) is 17.2 Å². The van der Waals surface area contributed by atoms with E-state index < -0.39 is 24.0 Å². The number of hydrogen-bond donors (Lipinski definition) is 0. The first kappa shape index (κ1) is 23.8. The van der Waals surface area contributed by atoms with Crippen molar-refractivity contribution in [3.05, 3.63) is 89.5 Å². The summed E-state index contributed by atoms with van der Waals surface area (Å²) in [4.78, 5) is 13.8. The molecule has 0 aromatic heterocycles. The molecule has 2 atom stereocenters. The highest BCUT2D eigenvalue weighted by atomic mass is 16.7. The van der Waals surface area contributed by atoms with Crippen LogP contribution in [0.2, 0.25) is 0 Å². The van der Waals surface area contributed by atoms with Crippen LogP contribution in [0.5, 0.6) is 17.2 Å². The van der Waals surface area contributed by atoms with Crippen molar-refractivity contribution in [2.75, 3.05) is 13.2 Å². The van der Waals surface area contributed by atoms with Gasteiger partial charge in [0.1, 0.15) is 5.41 Å². The van der Waals surface area contributed by atoms with Crippen LogP contribution in [0, 0.1) is 0 Å². The standard InChI is InChI=1S/C28H30O6/c1-5-30-19(3)32-24-18-17-23-25(26(24)33-20(4)31-6-2)34-27(29)28(23,21-13-9-7-10-14-21)22-15-11-8-12-16-22/h7-20H,5-6H2,1-4H3. The van der Waals surface area contributed by atoms with Crippen LogP contribution < -0.4 is 14.2 Å². The van der Waals surface area contributed by atoms with Crippen LogP contribution in [0.15, 0.2) is 72.8 Å². The molecule has 0 amide bonds. The summed E-state index contributed by atoms with van der Waals surface area (Å²) in [5.74, 6) is 0.650. The summed E-state index contributed by atoms with van der Waals surface area (Å²) in [5.41, 5.74) is 1.16. The highest BCUT2D eigenvalue weighted by molar-refractivity contribution is 5.99. The van der Waals surface area contributed by atoms with Gasteiger partial charge in [-0.2, -0.15) is 0 Å². The first-order valence-electron chi connectivity index (χ1n) is 11.6. The third-order valence-corrected chi connectivity index (χ3v) is 5.77. The lowest BCUT2D eigenvalue weighted by atomic mass is 9.70. The van der Waals surface area contributed by atoms with Crippen molar-refractivity contribution in [2.24, 2.45) is 0 Å². The minimum absolute atomic E-state index is 0.312. The van der Waals surface area contributed by atoms with Gasteiger partial charge >= 0.3 is 5.97 Å². The molecule has 0 saturated carbocycles. The molecule has 178 valence electrons. The molecular formula is C28H30O6. The van der Waals surface area contributed by atoms with E-state index in [2.05, 4.69) is 0 Å². The van der Waals surface area contributed by atoms with Gasteiger partial charge in [-0.25, -0.2) is 4.79 Å². The van der Waals surface area contributed by atoms with Gasteiger partial charge in [-0.3, -0.25) is 0 Å². The number of carbonyl (C=O) groups excluding carboxylic acids is 1. The minimum atomic E-state index is -1.14. The quantitative estimate of drug-likeness (QED) is 0.226. The highest BCUT2D eigenvalue weighted by Gasteiger charge is 2.53. The molecule has 0 spiro atoms. The number of rotatable bonds is 10. The van der Waals surface area contributed by atoms with Gasteiger partial charge < -0.3 is 23.7 Å². The van der Waals surface area contributed by atoms with Crippen LogP contribution >= 0.6 is 0 Å². The maximum absolute atomic E-state index is 13.8. The van der Waals surface area contributed by atoms with Crippen molar-refractivity contribution in [3.63, 3.8) is 0 Å². The van der Waals surface area contributed by atoms with Crippen LogP contribution in [-0.2, 0) is 19.7 Å². The van der Waals surface area contributed by atoms with Crippen LogP contribution in [0.3, 0.4) is 0 Å². The molecule has 0 saturated heterocycles.